The molecule has 9 heteroatoms. The molecule has 0 fully saturated rings. The zero-order valence-corrected chi connectivity index (χ0v) is 15.6. The maximum Gasteiger partial charge on any atom is 0.417 e. The van der Waals surface area contributed by atoms with Gasteiger partial charge in [-0.2, -0.15) is 38.1 Å². The molecule has 1 N–H and O–H groups in total. The van der Waals surface area contributed by atoms with Gasteiger partial charge in [0.1, 0.15) is 0 Å². The van der Waals surface area contributed by atoms with Gasteiger partial charge in [-0.3, -0.25) is 4.79 Å². The van der Waals surface area contributed by atoms with Crippen molar-refractivity contribution in [2.75, 3.05) is 12.3 Å². The summed E-state index contributed by atoms with van der Waals surface area (Å²) in [6.45, 7) is 1.88. The Hall–Kier alpha value is -2.16. The van der Waals surface area contributed by atoms with Gasteiger partial charge in [0.05, 0.1) is 16.7 Å². The number of hydrogen-bond donors (Lipinski definition) is 1. The number of amides is 1. The third-order valence-electron chi connectivity index (χ3n) is 3.79. The highest BCUT2D eigenvalue weighted by molar-refractivity contribution is 7.98. The quantitative estimate of drug-likeness (QED) is 0.479. The fraction of sp³-hybridized carbons (Fsp3) is 0.316. The Morgan fingerprint density at radius 2 is 1.54 bits per heavy atom. The predicted octanol–water partition coefficient (Wildman–Crippen LogP) is 5.70. The van der Waals surface area contributed by atoms with E-state index in [1.54, 1.807) is 0 Å². The van der Waals surface area contributed by atoms with E-state index in [4.69, 9.17) is 0 Å². The zero-order valence-electron chi connectivity index (χ0n) is 14.7. The molecule has 0 radical (unpaired) electrons. The van der Waals surface area contributed by atoms with Crippen molar-refractivity contribution in [3.63, 3.8) is 0 Å². The first-order valence-corrected chi connectivity index (χ1v) is 9.34. The van der Waals surface area contributed by atoms with Crippen LogP contribution in [0, 0.1) is 6.92 Å². The molecule has 0 aliphatic carbocycles. The van der Waals surface area contributed by atoms with Gasteiger partial charge >= 0.3 is 12.4 Å². The lowest BCUT2D eigenvalue weighted by Crippen LogP contribution is -2.31. The molecule has 152 valence electrons. The van der Waals surface area contributed by atoms with Crippen molar-refractivity contribution >= 4 is 17.7 Å². The Morgan fingerprint density at radius 3 is 2.07 bits per heavy atom. The van der Waals surface area contributed by atoms with Gasteiger partial charge in [-0.15, -0.1) is 0 Å². The minimum atomic E-state index is -5.08. The van der Waals surface area contributed by atoms with Crippen LogP contribution >= 0.6 is 11.8 Å². The number of carbonyl (C=O) groups is 1. The minimum absolute atomic E-state index is 0.0567. The SMILES string of the molecule is Cc1cccc(CSCCNC(=O)c2c(C(F)(F)F)cccc2C(F)(F)F)c1. The summed E-state index contributed by atoms with van der Waals surface area (Å²) in [5, 5.41) is 2.16. The summed E-state index contributed by atoms with van der Waals surface area (Å²) in [4.78, 5) is 12.1. The molecule has 0 heterocycles. The molecule has 0 aliphatic rings. The molecule has 0 aromatic heterocycles. The third-order valence-corrected chi connectivity index (χ3v) is 4.82. The number of halogens is 6. The lowest BCUT2D eigenvalue weighted by Gasteiger charge is -2.18. The lowest BCUT2D eigenvalue weighted by atomic mass is 9.99. The summed E-state index contributed by atoms with van der Waals surface area (Å²) in [6, 6.07) is 9.28. The number of hydrogen-bond acceptors (Lipinski definition) is 2. The van der Waals surface area contributed by atoms with Gasteiger partial charge in [-0.05, 0) is 24.6 Å². The number of benzene rings is 2. The van der Waals surface area contributed by atoms with Crippen molar-refractivity contribution in [3.05, 3.63) is 70.3 Å². The Kier molecular flexibility index (Phi) is 7.03. The zero-order chi connectivity index (χ0) is 20.9. The van der Waals surface area contributed by atoms with E-state index in [2.05, 4.69) is 5.32 Å². The van der Waals surface area contributed by atoms with Crippen LogP contribution in [0.3, 0.4) is 0 Å². The first-order chi connectivity index (χ1) is 13.0. The van der Waals surface area contributed by atoms with Crippen molar-refractivity contribution in [2.45, 2.75) is 25.0 Å². The van der Waals surface area contributed by atoms with E-state index in [9.17, 15) is 31.1 Å². The van der Waals surface area contributed by atoms with Crippen LogP contribution in [0.2, 0.25) is 0 Å². The van der Waals surface area contributed by atoms with Crippen molar-refractivity contribution in [3.8, 4) is 0 Å². The number of carbonyl (C=O) groups excluding carboxylic acids is 1. The standard InChI is InChI=1S/C19H17F6NOS/c1-12-4-2-5-13(10-12)11-28-9-8-26-17(27)16-14(18(20,21)22)6-3-7-15(16)19(23,24)25/h2-7,10H,8-9,11H2,1H3,(H,26,27). The number of rotatable bonds is 6. The molecule has 2 aromatic carbocycles. The van der Waals surface area contributed by atoms with Crippen LogP contribution in [0.4, 0.5) is 26.3 Å². The summed E-state index contributed by atoms with van der Waals surface area (Å²) in [6.07, 6.45) is -10.2. The highest BCUT2D eigenvalue weighted by atomic mass is 32.2. The monoisotopic (exact) mass is 421 g/mol. The van der Waals surface area contributed by atoms with E-state index in [0.29, 0.717) is 29.7 Å². The van der Waals surface area contributed by atoms with E-state index in [-0.39, 0.29) is 6.54 Å². The molecular formula is C19H17F6NOS. The van der Waals surface area contributed by atoms with Crippen LogP contribution < -0.4 is 5.32 Å². The first-order valence-electron chi connectivity index (χ1n) is 8.19. The largest absolute Gasteiger partial charge is 0.417 e. The smallest absolute Gasteiger partial charge is 0.351 e. The Morgan fingerprint density at radius 1 is 0.964 bits per heavy atom. The second-order valence-electron chi connectivity index (χ2n) is 6.02. The maximum atomic E-state index is 13.1. The molecule has 0 aliphatic heterocycles. The Bertz CT molecular complexity index is 800. The summed E-state index contributed by atoms with van der Waals surface area (Å²) in [5.41, 5.74) is -2.49. The summed E-state index contributed by atoms with van der Waals surface area (Å²) < 4.78 is 78.5. The van der Waals surface area contributed by atoms with Crippen LogP contribution in [0.1, 0.15) is 32.6 Å². The summed E-state index contributed by atoms with van der Waals surface area (Å²) >= 11 is 1.41. The van der Waals surface area contributed by atoms with Crippen molar-refractivity contribution < 1.29 is 31.1 Å². The van der Waals surface area contributed by atoms with Crippen LogP contribution in [0.5, 0.6) is 0 Å². The van der Waals surface area contributed by atoms with Gasteiger partial charge < -0.3 is 5.32 Å². The number of thioether (sulfide) groups is 1. The van der Waals surface area contributed by atoms with Gasteiger partial charge in [0.2, 0.25) is 0 Å². The molecule has 1 amide bonds. The average Bonchev–Trinajstić information content (AvgIpc) is 2.59. The van der Waals surface area contributed by atoms with Gasteiger partial charge in [0.15, 0.2) is 0 Å². The van der Waals surface area contributed by atoms with Crippen LogP contribution in [0.15, 0.2) is 42.5 Å². The second-order valence-corrected chi connectivity index (χ2v) is 7.13. The van der Waals surface area contributed by atoms with Crippen LogP contribution in [-0.4, -0.2) is 18.2 Å². The molecule has 0 atom stereocenters. The molecule has 2 rings (SSSR count). The molecule has 28 heavy (non-hydrogen) atoms. The highest BCUT2D eigenvalue weighted by Gasteiger charge is 2.42. The summed E-state index contributed by atoms with van der Waals surface area (Å²) in [7, 11) is 0. The molecule has 2 nitrogen and oxygen atoms in total. The second kappa shape index (κ2) is 8.89. The minimum Gasteiger partial charge on any atom is -0.351 e. The van der Waals surface area contributed by atoms with E-state index >= 15 is 0 Å². The van der Waals surface area contributed by atoms with E-state index < -0.39 is 35.0 Å². The normalized spacial score (nSPS) is 12.1. The highest BCUT2D eigenvalue weighted by Crippen LogP contribution is 2.39. The lowest BCUT2D eigenvalue weighted by molar-refractivity contribution is -0.143. The summed E-state index contributed by atoms with van der Waals surface area (Å²) in [5.74, 6) is -0.434. The Labute approximate surface area is 162 Å². The molecule has 0 unspecified atom stereocenters. The van der Waals surface area contributed by atoms with Crippen molar-refractivity contribution in [1.29, 1.82) is 0 Å². The van der Waals surface area contributed by atoms with Crippen molar-refractivity contribution in [1.82, 2.24) is 5.32 Å². The number of nitrogens with one attached hydrogen (secondary N) is 1. The maximum absolute atomic E-state index is 13.1. The van der Waals surface area contributed by atoms with Gasteiger partial charge in [-0.25, -0.2) is 0 Å². The topological polar surface area (TPSA) is 29.1 Å². The predicted molar refractivity (Wildman–Crippen MR) is 96.1 cm³/mol. The fourth-order valence-electron chi connectivity index (χ4n) is 2.59. The van der Waals surface area contributed by atoms with Gasteiger partial charge in [0.25, 0.3) is 5.91 Å². The van der Waals surface area contributed by atoms with Gasteiger partial charge in [0, 0.05) is 18.1 Å². The number of alkyl halides is 6. The Balaban J connectivity index is 2.05. The van der Waals surface area contributed by atoms with Gasteiger partial charge in [-0.1, -0.05) is 35.9 Å². The molecule has 0 bridgehead atoms. The molecule has 0 saturated carbocycles. The first kappa shape index (κ1) is 22.1. The van der Waals surface area contributed by atoms with Crippen molar-refractivity contribution in [2.24, 2.45) is 0 Å². The molecule has 2 aromatic rings. The molecular weight excluding hydrogens is 404 g/mol. The van der Waals surface area contributed by atoms with E-state index in [1.807, 2.05) is 31.2 Å². The fourth-order valence-corrected chi connectivity index (χ4v) is 3.39. The number of aryl methyl sites for hydroxylation is 1. The van der Waals surface area contributed by atoms with Crippen LogP contribution in [0.25, 0.3) is 0 Å². The average molecular weight is 421 g/mol. The van der Waals surface area contributed by atoms with E-state index in [1.165, 1.54) is 11.8 Å². The third kappa shape index (κ3) is 5.92. The molecule has 0 spiro atoms. The van der Waals surface area contributed by atoms with Crippen LogP contribution in [-0.2, 0) is 18.1 Å². The molecule has 0 saturated heterocycles. The van der Waals surface area contributed by atoms with E-state index in [0.717, 1.165) is 11.1 Å².